The van der Waals surface area contributed by atoms with Crippen LogP contribution in [0.3, 0.4) is 0 Å². The van der Waals surface area contributed by atoms with Crippen molar-refractivity contribution >= 4 is 5.97 Å². The number of hydrogen-bond acceptors (Lipinski definition) is 5. The number of rotatable bonds is 10. The van der Waals surface area contributed by atoms with Crippen molar-refractivity contribution in [3.05, 3.63) is 65.7 Å². The molecule has 1 N–H and O–H groups in total. The molecule has 2 aromatic carbocycles. The van der Waals surface area contributed by atoms with Crippen LogP contribution in [0.2, 0.25) is 0 Å². The number of nitrogens with one attached hydrogen (secondary N) is 1. The Bertz CT molecular complexity index is 781. The van der Waals surface area contributed by atoms with E-state index >= 15 is 0 Å². The van der Waals surface area contributed by atoms with Gasteiger partial charge in [-0.2, -0.15) is 0 Å². The molecule has 0 saturated carbocycles. The Kier molecular flexibility index (Phi) is 8.72. The van der Waals surface area contributed by atoms with E-state index in [4.69, 9.17) is 9.47 Å². The van der Waals surface area contributed by atoms with E-state index in [2.05, 4.69) is 52.7 Å². The third kappa shape index (κ3) is 6.07. The Morgan fingerprint density at radius 2 is 1.90 bits per heavy atom. The molecule has 1 aliphatic rings. The molecule has 30 heavy (non-hydrogen) atoms. The minimum atomic E-state index is -0.100. The molecule has 1 fully saturated rings. The first kappa shape index (κ1) is 22.3. The van der Waals surface area contributed by atoms with Gasteiger partial charge in [-0.3, -0.25) is 9.69 Å². The van der Waals surface area contributed by atoms with Gasteiger partial charge in [-0.25, -0.2) is 0 Å². The van der Waals surface area contributed by atoms with E-state index < -0.39 is 0 Å². The van der Waals surface area contributed by atoms with Crippen LogP contribution in [-0.4, -0.2) is 43.7 Å². The summed E-state index contributed by atoms with van der Waals surface area (Å²) in [6.07, 6.45) is 3.57. The average molecular weight is 411 g/mol. The second kappa shape index (κ2) is 11.7. The van der Waals surface area contributed by atoms with Crippen molar-refractivity contribution in [1.82, 2.24) is 10.2 Å². The number of esters is 1. The Morgan fingerprint density at radius 3 is 2.67 bits per heavy atom. The third-order valence-electron chi connectivity index (χ3n) is 5.75. The van der Waals surface area contributed by atoms with Crippen molar-refractivity contribution in [3.8, 4) is 5.75 Å². The van der Waals surface area contributed by atoms with Crippen LogP contribution in [0, 0.1) is 0 Å². The maximum absolute atomic E-state index is 11.8. The first-order chi connectivity index (χ1) is 14.7. The van der Waals surface area contributed by atoms with Crippen LogP contribution in [0.5, 0.6) is 5.75 Å². The van der Waals surface area contributed by atoms with Gasteiger partial charge in [0.2, 0.25) is 0 Å². The molecule has 0 spiro atoms. The van der Waals surface area contributed by atoms with Gasteiger partial charge in [0.25, 0.3) is 0 Å². The van der Waals surface area contributed by atoms with Gasteiger partial charge in [-0.05, 0) is 50.9 Å². The molecule has 0 aliphatic carbocycles. The standard InChI is InChI=1S/C25H34N2O3/c1-3-30-24(28)16-10-18-27-17-9-14-22(25(27)20-11-5-4-6-12-20)26-19-21-13-7-8-15-23(21)29-2/h4-8,11-13,15,22,25-26H,3,9-10,14,16-19H2,1-2H3. The molecule has 2 aromatic rings. The number of ether oxygens (including phenoxy) is 2. The topological polar surface area (TPSA) is 50.8 Å². The van der Waals surface area contributed by atoms with Gasteiger partial charge in [0.15, 0.2) is 0 Å². The lowest BCUT2D eigenvalue weighted by Gasteiger charge is -2.42. The van der Waals surface area contributed by atoms with Crippen molar-refractivity contribution in [1.29, 1.82) is 0 Å². The minimum Gasteiger partial charge on any atom is -0.496 e. The smallest absolute Gasteiger partial charge is 0.305 e. The Labute approximate surface area is 180 Å². The second-order valence-corrected chi connectivity index (χ2v) is 7.74. The van der Waals surface area contributed by atoms with E-state index in [1.165, 1.54) is 11.1 Å². The van der Waals surface area contributed by atoms with Gasteiger partial charge in [-0.15, -0.1) is 0 Å². The number of piperidine rings is 1. The van der Waals surface area contributed by atoms with Crippen molar-refractivity contribution in [3.63, 3.8) is 0 Å². The van der Waals surface area contributed by atoms with Crippen molar-refractivity contribution in [2.45, 2.75) is 51.2 Å². The molecule has 3 rings (SSSR count). The summed E-state index contributed by atoms with van der Waals surface area (Å²) in [5, 5.41) is 3.80. The number of carbonyl (C=O) groups excluding carboxylic acids is 1. The van der Waals surface area contributed by atoms with E-state index in [-0.39, 0.29) is 12.0 Å². The molecule has 5 nitrogen and oxygen atoms in total. The van der Waals surface area contributed by atoms with Gasteiger partial charge in [0.05, 0.1) is 19.8 Å². The maximum atomic E-state index is 11.8. The number of para-hydroxylation sites is 1. The molecule has 1 aliphatic heterocycles. The quantitative estimate of drug-likeness (QED) is 0.591. The molecule has 0 bridgehead atoms. The van der Waals surface area contributed by atoms with E-state index in [0.717, 1.165) is 44.6 Å². The van der Waals surface area contributed by atoms with Crippen LogP contribution >= 0.6 is 0 Å². The minimum absolute atomic E-state index is 0.100. The summed E-state index contributed by atoms with van der Waals surface area (Å²) < 4.78 is 10.6. The summed E-state index contributed by atoms with van der Waals surface area (Å²) in [7, 11) is 1.72. The highest BCUT2D eigenvalue weighted by Gasteiger charge is 2.32. The van der Waals surface area contributed by atoms with Crippen molar-refractivity contribution in [2.24, 2.45) is 0 Å². The Balaban J connectivity index is 1.70. The van der Waals surface area contributed by atoms with Crippen molar-refractivity contribution < 1.29 is 14.3 Å². The van der Waals surface area contributed by atoms with Gasteiger partial charge in [0, 0.05) is 24.6 Å². The lowest BCUT2D eigenvalue weighted by Crippen LogP contribution is -2.48. The number of likely N-dealkylation sites (tertiary alicyclic amines) is 1. The van der Waals surface area contributed by atoms with Crippen LogP contribution < -0.4 is 10.1 Å². The number of hydrogen-bond donors (Lipinski definition) is 1. The highest BCUT2D eigenvalue weighted by molar-refractivity contribution is 5.69. The number of nitrogens with zero attached hydrogens (tertiary/aromatic N) is 1. The molecule has 2 unspecified atom stereocenters. The van der Waals surface area contributed by atoms with E-state index in [9.17, 15) is 4.79 Å². The highest BCUT2D eigenvalue weighted by atomic mass is 16.5. The second-order valence-electron chi connectivity index (χ2n) is 7.74. The molecule has 0 aromatic heterocycles. The molecule has 1 saturated heterocycles. The monoisotopic (exact) mass is 410 g/mol. The zero-order chi connectivity index (χ0) is 21.2. The first-order valence-corrected chi connectivity index (χ1v) is 11.0. The van der Waals surface area contributed by atoms with Gasteiger partial charge >= 0.3 is 5.97 Å². The third-order valence-corrected chi connectivity index (χ3v) is 5.75. The predicted molar refractivity (Wildman–Crippen MR) is 119 cm³/mol. The van der Waals surface area contributed by atoms with Crippen LogP contribution in [-0.2, 0) is 16.1 Å². The van der Waals surface area contributed by atoms with E-state index in [1.54, 1.807) is 7.11 Å². The molecule has 162 valence electrons. The molecule has 2 atom stereocenters. The fourth-order valence-electron chi connectivity index (χ4n) is 4.37. The summed E-state index contributed by atoms with van der Waals surface area (Å²) in [5.74, 6) is 0.819. The molecule has 0 radical (unpaired) electrons. The van der Waals surface area contributed by atoms with Crippen molar-refractivity contribution in [2.75, 3.05) is 26.8 Å². The highest BCUT2D eigenvalue weighted by Crippen LogP contribution is 2.32. The number of methoxy groups -OCH3 is 1. The normalized spacial score (nSPS) is 19.4. The number of benzene rings is 2. The summed E-state index contributed by atoms with van der Waals surface area (Å²) in [5.41, 5.74) is 2.50. The van der Waals surface area contributed by atoms with Crippen LogP contribution in [0.4, 0.5) is 0 Å². The zero-order valence-electron chi connectivity index (χ0n) is 18.2. The Morgan fingerprint density at radius 1 is 1.13 bits per heavy atom. The predicted octanol–water partition coefficient (Wildman–Crippen LogP) is 4.33. The molecular formula is C25H34N2O3. The maximum Gasteiger partial charge on any atom is 0.305 e. The van der Waals surface area contributed by atoms with Crippen LogP contribution in [0.1, 0.15) is 49.8 Å². The summed E-state index contributed by atoms with van der Waals surface area (Å²) in [6.45, 7) is 5.02. The van der Waals surface area contributed by atoms with Crippen LogP contribution in [0.15, 0.2) is 54.6 Å². The SMILES string of the molecule is CCOC(=O)CCCN1CCCC(NCc2ccccc2OC)C1c1ccccc1. The Hall–Kier alpha value is -2.37. The largest absolute Gasteiger partial charge is 0.496 e. The molecule has 5 heteroatoms. The summed E-state index contributed by atoms with van der Waals surface area (Å²) in [4.78, 5) is 14.3. The molecule has 0 amide bonds. The van der Waals surface area contributed by atoms with E-state index in [1.807, 2.05) is 19.1 Å². The summed E-state index contributed by atoms with van der Waals surface area (Å²) in [6, 6.07) is 19.5. The lowest BCUT2D eigenvalue weighted by atomic mass is 9.89. The first-order valence-electron chi connectivity index (χ1n) is 11.0. The average Bonchev–Trinajstić information content (AvgIpc) is 2.78. The van der Waals surface area contributed by atoms with Gasteiger partial charge in [0.1, 0.15) is 5.75 Å². The van der Waals surface area contributed by atoms with Gasteiger partial charge < -0.3 is 14.8 Å². The fraction of sp³-hybridized carbons (Fsp3) is 0.480. The number of carbonyl (C=O) groups is 1. The summed E-state index contributed by atoms with van der Waals surface area (Å²) >= 11 is 0. The zero-order valence-corrected chi connectivity index (χ0v) is 18.2. The van der Waals surface area contributed by atoms with Gasteiger partial charge in [-0.1, -0.05) is 48.5 Å². The molecule has 1 heterocycles. The lowest BCUT2D eigenvalue weighted by molar-refractivity contribution is -0.143. The van der Waals surface area contributed by atoms with Crippen LogP contribution in [0.25, 0.3) is 0 Å². The van der Waals surface area contributed by atoms with E-state index in [0.29, 0.717) is 19.1 Å². The fourth-order valence-corrected chi connectivity index (χ4v) is 4.37. The molecular weight excluding hydrogens is 376 g/mol.